The fourth-order valence-corrected chi connectivity index (χ4v) is 3.47. The Morgan fingerprint density at radius 3 is 2.30 bits per heavy atom. The third kappa shape index (κ3) is 7.80. The van der Waals surface area contributed by atoms with Gasteiger partial charge in [0, 0.05) is 13.1 Å². The molecule has 0 atom stereocenters. The number of ether oxygens (including phenoxy) is 1. The standard InChI is InChI=1S/C20H26N2O4S/c1-17-10-12-19(13-11-17)27(24,25)22-15-7-3-6-14-21-20(23)26-16-18-8-4-2-5-9-18/h2,4-5,8-13,22H,3,6-7,14-16H2,1H3,(H,21,23). The Balaban J connectivity index is 1.54. The van der Waals surface area contributed by atoms with Gasteiger partial charge in [-0.15, -0.1) is 0 Å². The van der Waals surface area contributed by atoms with E-state index in [4.69, 9.17) is 4.74 Å². The Kier molecular flexibility index (Phi) is 8.29. The maximum absolute atomic E-state index is 12.1. The molecule has 2 rings (SSSR count). The molecule has 0 bridgehead atoms. The largest absolute Gasteiger partial charge is 0.445 e. The lowest BCUT2D eigenvalue weighted by Gasteiger charge is -2.08. The third-order valence-electron chi connectivity index (χ3n) is 3.96. The number of alkyl carbamates (subject to hydrolysis) is 1. The highest BCUT2D eigenvalue weighted by atomic mass is 32.2. The second-order valence-corrected chi connectivity index (χ2v) is 8.03. The molecule has 2 aromatic carbocycles. The molecule has 0 saturated heterocycles. The molecule has 27 heavy (non-hydrogen) atoms. The molecule has 0 spiro atoms. The second-order valence-electron chi connectivity index (χ2n) is 6.26. The van der Waals surface area contributed by atoms with Crippen LogP contribution in [0.25, 0.3) is 0 Å². The summed E-state index contributed by atoms with van der Waals surface area (Å²) in [6.45, 7) is 3.02. The van der Waals surface area contributed by atoms with E-state index in [9.17, 15) is 13.2 Å². The van der Waals surface area contributed by atoms with Gasteiger partial charge in [0.2, 0.25) is 10.0 Å². The molecule has 0 saturated carbocycles. The van der Waals surface area contributed by atoms with Crippen LogP contribution in [-0.2, 0) is 21.4 Å². The summed E-state index contributed by atoms with van der Waals surface area (Å²) in [7, 11) is -3.46. The van der Waals surface area contributed by atoms with Crippen LogP contribution in [0, 0.1) is 6.92 Å². The first-order valence-electron chi connectivity index (χ1n) is 8.98. The average molecular weight is 391 g/mol. The molecular formula is C20H26N2O4S. The maximum Gasteiger partial charge on any atom is 0.407 e. The van der Waals surface area contributed by atoms with Crippen LogP contribution in [0.2, 0.25) is 0 Å². The van der Waals surface area contributed by atoms with E-state index in [2.05, 4.69) is 10.0 Å². The van der Waals surface area contributed by atoms with E-state index in [1.807, 2.05) is 37.3 Å². The number of hydrogen-bond acceptors (Lipinski definition) is 4. The Labute approximate surface area is 161 Å². The van der Waals surface area contributed by atoms with Crippen molar-refractivity contribution in [3.8, 4) is 0 Å². The summed E-state index contributed by atoms with van der Waals surface area (Å²) >= 11 is 0. The monoisotopic (exact) mass is 390 g/mol. The smallest absolute Gasteiger partial charge is 0.407 e. The van der Waals surface area contributed by atoms with E-state index in [0.29, 0.717) is 19.5 Å². The molecule has 7 heteroatoms. The van der Waals surface area contributed by atoms with Gasteiger partial charge in [0.25, 0.3) is 0 Å². The molecule has 6 nitrogen and oxygen atoms in total. The normalized spacial score (nSPS) is 11.1. The van der Waals surface area contributed by atoms with Crippen LogP contribution in [0.3, 0.4) is 0 Å². The highest BCUT2D eigenvalue weighted by Gasteiger charge is 2.12. The summed E-state index contributed by atoms with van der Waals surface area (Å²) < 4.78 is 32.0. The van der Waals surface area contributed by atoms with E-state index in [-0.39, 0.29) is 11.5 Å². The zero-order valence-corrected chi connectivity index (χ0v) is 16.3. The number of hydrogen-bond donors (Lipinski definition) is 2. The van der Waals surface area contributed by atoms with Gasteiger partial charge < -0.3 is 10.1 Å². The number of carbonyl (C=O) groups is 1. The summed E-state index contributed by atoms with van der Waals surface area (Å²) in [6, 6.07) is 16.2. The van der Waals surface area contributed by atoms with E-state index in [1.54, 1.807) is 24.3 Å². The minimum atomic E-state index is -3.46. The van der Waals surface area contributed by atoms with Gasteiger partial charge in [-0.05, 0) is 37.5 Å². The minimum absolute atomic E-state index is 0.244. The molecule has 0 radical (unpaired) electrons. The van der Waals surface area contributed by atoms with Gasteiger partial charge in [-0.2, -0.15) is 0 Å². The van der Waals surface area contributed by atoms with E-state index in [0.717, 1.165) is 24.0 Å². The molecule has 0 aliphatic carbocycles. The predicted molar refractivity (Wildman–Crippen MR) is 105 cm³/mol. The summed E-state index contributed by atoms with van der Waals surface area (Å²) in [5, 5.41) is 2.69. The van der Waals surface area contributed by atoms with Gasteiger partial charge in [-0.25, -0.2) is 17.9 Å². The number of benzene rings is 2. The Hall–Kier alpha value is -2.38. The zero-order chi connectivity index (χ0) is 19.5. The van der Waals surface area contributed by atoms with Crippen LogP contribution in [0.4, 0.5) is 4.79 Å². The van der Waals surface area contributed by atoms with Crippen LogP contribution in [0.15, 0.2) is 59.5 Å². The number of amides is 1. The Morgan fingerprint density at radius 2 is 1.59 bits per heavy atom. The molecule has 0 fully saturated rings. The third-order valence-corrected chi connectivity index (χ3v) is 5.44. The predicted octanol–water partition coefficient (Wildman–Crippen LogP) is 3.37. The number of unbranched alkanes of at least 4 members (excludes halogenated alkanes) is 2. The molecule has 0 aliphatic rings. The summed E-state index contributed by atoms with van der Waals surface area (Å²) in [5.74, 6) is 0. The van der Waals surface area contributed by atoms with Gasteiger partial charge in [0.1, 0.15) is 6.61 Å². The number of sulfonamides is 1. The van der Waals surface area contributed by atoms with Crippen molar-refractivity contribution in [2.75, 3.05) is 13.1 Å². The highest BCUT2D eigenvalue weighted by molar-refractivity contribution is 7.89. The molecule has 0 aromatic heterocycles. The highest BCUT2D eigenvalue weighted by Crippen LogP contribution is 2.10. The van der Waals surface area contributed by atoms with Crippen molar-refractivity contribution in [3.05, 3.63) is 65.7 Å². The molecule has 146 valence electrons. The van der Waals surface area contributed by atoms with Crippen molar-refractivity contribution < 1.29 is 17.9 Å². The van der Waals surface area contributed by atoms with Gasteiger partial charge in [-0.3, -0.25) is 0 Å². The zero-order valence-electron chi connectivity index (χ0n) is 15.5. The van der Waals surface area contributed by atoms with Crippen molar-refractivity contribution in [1.29, 1.82) is 0 Å². The molecule has 0 heterocycles. The maximum atomic E-state index is 12.1. The van der Waals surface area contributed by atoms with Crippen LogP contribution >= 0.6 is 0 Å². The lowest BCUT2D eigenvalue weighted by atomic mass is 10.2. The average Bonchev–Trinajstić information content (AvgIpc) is 2.66. The van der Waals surface area contributed by atoms with Crippen LogP contribution < -0.4 is 10.0 Å². The molecule has 2 aromatic rings. The fourth-order valence-electron chi connectivity index (χ4n) is 2.40. The first kappa shape index (κ1) is 20.9. The molecular weight excluding hydrogens is 364 g/mol. The van der Waals surface area contributed by atoms with Gasteiger partial charge >= 0.3 is 6.09 Å². The van der Waals surface area contributed by atoms with Crippen molar-refractivity contribution in [1.82, 2.24) is 10.0 Å². The molecule has 1 amide bonds. The second kappa shape index (κ2) is 10.7. The van der Waals surface area contributed by atoms with Crippen LogP contribution in [0.5, 0.6) is 0 Å². The molecule has 2 N–H and O–H groups in total. The topological polar surface area (TPSA) is 84.5 Å². The quantitative estimate of drug-likeness (QED) is 0.609. The first-order valence-corrected chi connectivity index (χ1v) is 10.5. The van der Waals surface area contributed by atoms with E-state index >= 15 is 0 Å². The van der Waals surface area contributed by atoms with E-state index in [1.165, 1.54) is 0 Å². The number of rotatable bonds is 10. The Morgan fingerprint density at radius 1 is 0.926 bits per heavy atom. The number of aryl methyl sites for hydroxylation is 1. The van der Waals surface area contributed by atoms with Gasteiger partial charge in [0.15, 0.2) is 0 Å². The number of carbonyl (C=O) groups excluding carboxylic acids is 1. The van der Waals surface area contributed by atoms with Crippen LogP contribution in [0.1, 0.15) is 30.4 Å². The molecule has 0 aliphatic heterocycles. The minimum Gasteiger partial charge on any atom is -0.445 e. The Bertz CT molecular complexity index is 806. The lowest BCUT2D eigenvalue weighted by Crippen LogP contribution is -2.26. The summed E-state index contributed by atoms with van der Waals surface area (Å²) in [5.41, 5.74) is 1.96. The van der Waals surface area contributed by atoms with Crippen LogP contribution in [-0.4, -0.2) is 27.6 Å². The van der Waals surface area contributed by atoms with Crippen molar-refractivity contribution in [3.63, 3.8) is 0 Å². The first-order chi connectivity index (χ1) is 13.0. The molecule has 0 unspecified atom stereocenters. The lowest BCUT2D eigenvalue weighted by molar-refractivity contribution is 0.139. The fraction of sp³-hybridized carbons (Fsp3) is 0.350. The van der Waals surface area contributed by atoms with E-state index < -0.39 is 16.1 Å². The van der Waals surface area contributed by atoms with Crippen molar-refractivity contribution >= 4 is 16.1 Å². The number of nitrogens with one attached hydrogen (secondary N) is 2. The van der Waals surface area contributed by atoms with Crippen molar-refractivity contribution in [2.45, 2.75) is 37.7 Å². The van der Waals surface area contributed by atoms with Gasteiger partial charge in [-0.1, -0.05) is 54.4 Å². The SMILES string of the molecule is Cc1ccc(S(=O)(=O)NCCCCCNC(=O)OCc2ccccc2)cc1. The summed E-state index contributed by atoms with van der Waals surface area (Å²) in [6.07, 6.45) is 1.81. The van der Waals surface area contributed by atoms with Gasteiger partial charge in [0.05, 0.1) is 4.90 Å². The van der Waals surface area contributed by atoms with Crippen molar-refractivity contribution in [2.24, 2.45) is 0 Å². The summed E-state index contributed by atoms with van der Waals surface area (Å²) in [4.78, 5) is 11.9.